The Morgan fingerprint density at radius 1 is 0.274 bits per heavy atom. The summed E-state index contributed by atoms with van der Waals surface area (Å²) in [4.78, 5) is 14.0. The maximum atomic E-state index is 9.43. The van der Waals surface area contributed by atoms with Gasteiger partial charge in [0.2, 0.25) is 0 Å². The van der Waals surface area contributed by atoms with Gasteiger partial charge in [-0.05, 0) is 184 Å². The highest BCUT2D eigenvalue weighted by Crippen LogP contribution is 2.57. The van der Waals surface area contributed by atoms with Crippen LogP contribution in [0.1, 0.15) is 50.8 Å². The second kappa shape index (κ2) is 21.0. The molecule has 2 atom stereocenters. The molecule has 4 heteroatoms. The molecule has 390 valence electrons. The zero-order chi connectivity index (χ0) is 56.1. The maximum absolute atomic E-state index is 9.43. The van der Waals surface area contributed by atoms with Crippen molar-refractivity contribution >= 4 is 5.69 Å². The standard InChI is InChI=1S/C80H50N4/c1-82-69-36-32-54(33-37-69)56-18-10-22-60(40-56)67-44-66(52-14-4-2-5-15-52)45-68(46-67)61-23-11-20-58(41-61)62-34-38-72-74(47-62)78-70-26-8-9-27-71(70)79(72)75-48-63(35-39-73(75)78)59-21-13-25-65(43-59)77-49-76(83-80(84-77)55-16-6-3-7-17-55)64-24-12-19-57(42-64)53-30-28-51(50-81)29-31-53/h2-49,78-79H. The average molecular weight is 1070 g/mol. The molecule has 4 nitrogen and oxygen atoms in total. The second-order valence-electron chi connectivity index (χ2n) is 21.8. The fourth-order valence-electron chi connectivity index (χ4n) is 12.7. The fraction of sp³-hybridized carbons (Fsp3) is 0.0250. The molecule has 2 bridgehead atoms. The van der Waals surface area contributed by atoms with Gasteiger partial charge in [-0.2, -0.15) is 5.26 Å². The molecule has 1 heterocycles. The van der Waals surface area contributed by atoms with Gasteiger partial charge in [0, 0.05) is 28.5 Å². The predicted molar refractivity (Wildman–Crippen MR) is 342 cm³/mol. The lowest BCUT2D eigenvalue weighted by atomic mass is 9.60. The molecule has 0 aliphatic heterocycles. The molecular formula is C80H50N4. The molecule has 84 heavy (non-hydrogen) atoms. The van der Waals surface area contributed by atoms with Gasteiger partial charge in [-0.3, -0.25) is 0 Å². The Labute approximate surface area is 489 Å². The molecule has 3 aliphatic carbocycles. The summed E-state index contributed by atoms with van der Waals surface area (Å²) in [7, 11) is 0. The minimum Gasteiger partial charge on any atom is -0.238 e. The Morgan fingerprint density at radius 2 is 0.595 bits per heavy atom. The minimum atomic E-state index is 0.0911. The van der Waals surface area contributed by atoms with Gasteiger partial charge < -0.3 is 0 Å². The second-order valence-corrected chi connectivity index (χ2v) is 21.8. The number of nitriles is 1. The van der Waals surface area contributed by atoms with Gasteiger partial charge in [0.1, 0.15) is 0 Å². The van der Waals surface area contributed by atoms with Crippen molar-refractivity contribution < 1.29 is 0 Å². The normalized spacial score (nSPS) is 13.5. The zero-order valence-electron chi connectivity index (χ0n) is 45.7. The van der Waals surface area contributed by atoms with Crippen molar-refractivity contribution in [1.29, 1.82) is 5.26 Å². The van der Waals surface area contributed by atoms with Crippen LogP contribution < -0.4 is 0 Å². The lowest BCUT2D eigenvalue weighted by Gasteiger charge is -2.42. The van der Waals surface area contributed by atoms with E-state index in [1.165, 1.54) is 55.6 Å². The van der Waals surface area contributed by atoms with Gasteiger partial charge >= 0.3 is 0 Å². The van der Waals surface area contributed by atoms with Gasteiger partial charge in [0.25, 0.3) is 0 Å². The van der Waals surface area contributed by atoms with Crippen LogP contribution in [0.15, 0.2) is 291 Å². The van der Waals surface area contributed by atoms with Crippen molar-refractivity contribution in [2.75, 3.05) is 0 Å². The first kappa shape index (κ1) is 49.7. The van der Waals surface area contributed by atoms with E-state index in [-0.39, 0.29) is 11.8 Å². The first-order valence-electron chi connectivity index (χ1n) is 28.4. The Morgan fingerprint density at radius 3 is 1.06 bits per heavy atom. The summed E-state index contributed by atoms with van der Waals surface area (Å²) in [5.74, 6) is 0.851. The monoisotopic (exact) mass is 1070 g/mol. The van der Waals surface area contributed by atoms with Gasteiger partial charge in [0.05, 0.1) is 29.6 Å². The molecule has 3 aliphatic rings. The molecule has 0 N–H and O–H groups in total. The Balaban J connectivity index is 0.769. The van der Waals surface area contributed by atoms with Crippen molar-refractivity contribution in [1.82, 2.24) is 9.97 Å². The van der Waals surface area contributed by atoms with Crippen molar-refractivity contribution in [3.05, 3.63) is 342 Å². The molecule has 0 amide bonds. The molecule has 13 aromatic rings. The van der Waals surface area contributed by atoms with Crippen LogP contribution in [0.25, 0.3) is 117 Å². The minimum absolute atomic E-state index is 0.0911. The predicted octanol–water partition coefficient (Wildman–Crippen LogP) is 20.6. The smallest absolute Gasteiger partial charge is 0.187 e. The summed E-state index contributed by atoms with van der Waals surface area (Å²) < 4.78 is 0. The van der Waals surface area contributed by atoms with Crippen molar-refractivity contribution in [2.24, 2.45) is 0 Å². The van der Waals surface area contributed by atoms with Crippen LogP contribution in [0, 0.1) is 17.9 Å². The van der Waals surface area contributed by atoms with Crippen LogP contribution >= 0.6 is 0 Å². The van der Waals surface area contributed by atoms with Crippen LogP contribution in [-0.2, 0) is 0 Å². The van der Waals surface area contributed by atoms with Gasteiger partial charge in [-0.1, -0.05) is 218 Å². The summed E-state index contributed by atoms with van der Waals surface area (Å²) in [5, 5.41) is 9.43. The van der Waals surface area contributed by atoms with E-state index in [1.54, 1.807) is 0 Å². The van der Waals surface area contributed by atoms with Crippen LogP contribution in [-0.4, -0.2) is 9.97 Å². The lowest BCUT2D eigenvalue weighted by Crippen LogP contribution is -2.27. The first-order chi connectivity index (χ1) is 41.5. The number of nitrogens with zero attached hydrogens (tertiary/aromatic N) is 4. The van der Waals surface area contributed by atoms with E-state index < -0.39 is 0 Å². The molecule has 0 spiro atoms. The average Bonchev–Trinajstić information content (AvgIpc) is 0.837. The summed E-state index contributed by atoms with van der Waals surface area (Å²) in [6.07, 6.45) is 0. The highest BCUT2D eigenvalue weighted by molar-refractivity contribution is 5.86. The first-order valence-corrected chi connectivity index (χ1v) is 28.4. The SMILES string of the molecule is [C-]#[N+]c1ccc(-c2cccc(-c3cc(-c4ccccc4)cc(-c4cccc(-c5ccc6c(c5)C5c7ccccc7C6c6cc(-c7cccc(-c8cc(-c9cccc(-c%10ccc(C#N)cc%10)c9)nc(-c9ccccc9)n8)c7)ccc65)c4)c3)c2)cc1. The molecule has 0 saturated heterocycles. The van der Waals surface area contributed by atoms with E-state index in [9.17, 15) is 5.26 Å². The van der Waals surface area contributed by atoms with Crippen molar-refractivity contribution in [3.8, 4) is 118 Å². The van der Waals surface area contributed by atoms with E-state index in [4.69, 9.17) is 16.5 Å². The third-order valence-corrected chi connectivity index (χ3v) is 16.9. The van der Waals surface area contributed by atoms with Gasteiger partial charge in [-0.15, -0.1) is 0 Å². The molecule has 12 aromatic carbocycles. The number of hydrogen-bond donors (Lipinski definition) is 0. The topological polar surface area (TPSA) is 53.9 Å². The highest BCUT2D eigenvalue weighted by Gasteiger charge is 2.41. The Bertz CT molecular complexity index is 4490. The van der Waals surface area contributed by atoms with Crippen LogP contribution in [0.3, 0.4) is 0 Å². The molecule has 1 aromatic heterocycles. The van der Waals surface area contributed by atoms with Gasteiger partial charge in [-0.25, -0.2) is 14.8 Å². The number of aromatic nitrogens is 2. The summed E-state index contributed by atoms with van der Waals surface area (Å²) in [6, 6.07) is 106. The third kappa shape index (κ3) is 9.15. The van der Waals surface area contributed by atoms with E-state index in [0.29, 0.717) is 17.1 Å². The molecule has 0 radical (unpaired) electrons. The molecule has 0 saturated carbocycles. The van der Waals surface area contributed by atoms with E-state index in [0.717, 1.165) is 83.7 Å². The fourth-order valence-corrected chi connectivity index (χ4v) is 12.7. The van der Waals surface area contributed by atoms with Crippen LogP contribution in [0.4, 0.5) is 5.69 Å². The van der Waals surface area contributed by atoms with Crippen LogP contribution in [0.5, 0.6) is 0 Å². The quantitative estimate of drug-likeness (QED) is 0.128. The zero-order valence-corrected chi connectivity index (χ0v) is 45.7. The summed E-state index contributed by atoms with van der Waals surface area (Å²) in [5.41, 5.74) is 30.0. The van der Waals surface area contributed by atoms with Crippen LogP contribution in [0.2, 0.25) is 0 Å². The van der Waals surface area contributed by atoms with Crippen molar-refractivity contribution in [3.63, 3.8) is 0 Å². The largest absolute Gasteiger partial charge is 0.238 e. The molecule has 2 unspecified atom stereocenters. The third-order valence-electron chi connectivity index (χ3n) is 16.9. The number of benzene rings is 12. The van der Waals surface area contributed by atoms with E-state index in [2.05, 4.69) is 235 Å². The van der Waals surface area contributed by atoms with Gasteiger partial charge in [0.15, 0.2) is 11.5 Å². The Hall–Kier alpha value is -11.3. The molecular weight excluding hydrogens is 1020 g/mol. The lowest BCUT2D eigenvalue weighted by molar-refractivity contribution is 0.755. The van der Waals surface area contributed by atoms with Crippen molar-refractivity contribution in [2.45, 2.75) is 11.8 Å². The highest BCUT2D eigenvalue weighted by atomic mass is 14.9. The Kier molecular flexibility index (Phi) is 12.4. The molecule has 0 fully saturated rings. The summed E-state index contributed by atoms with van der Waals surface area (Å²) in [6.45, 7) is 7.44. The number of rotatable bonds is 10. The van der Waals surface area contributed by atoms with E-state index in [1.807, 2.05) is 66.7 Å². The van der Waals surface area contributed by atoms with E-state index >= 15 is 0 Å². The molecule has 16 rings (SSSR count). The summed E-state index contributed by atoms with van der Waals surface area (Å²) >= 11 is 0. The number of hydrogen-bond acceptors (Lipinski definition) is 3. The maximum Gasteiger partial charge on any atom is 0.187 e.